The van der Waals surface area contributed by atoms with Gasteiger partial charge in [0.2, 0.25) is 0 Å². The van der Waals surface area contributed by atoms with E-state index in [1.54, 1.807) is 7.11 Å². The second-order valence-electron chi connectivity index (χ2n) is 6.91. The molecule has 0 aliphatic heterocycles. The zero-order chi connectivity index (χ0) is 15.1. The summed E-state index contributed by atoms with van der Waals surface area (Å²) in [5.74, 6) is 0. The van der Waals surface area contributed by atoms with E-state index in [4.69, 9.17) is 9.47 Å². The smallest absolute Gasteiger partial charge is 0.142 e. The molecule has 0 rings (SSSR count). The Morgan fingerprint density at radius 1 is 1.16 bits per heavy atom. The van der Waals surface area contributed by atoms with Crippen molar-refractivity contribution in [3.63, 3.8) is 0 Å². The number of rotatable bonds is 9. The van der Waals surface area contributed by atoms with E-state index in [-0.39, 0.29) is 4.75 Å². The summed E-state index contributed by atoms with van der Waals surface area (Å²) in [5.41, 5.74) is 0. The largest absolute Gasteiger partial charge is 0.597 e. The molecule has 19 heavy (non-hydrogen) atoms. The predicted molar refractivity (Wildman–Crippen MR) is 85.4 cm³/mol. The Balaban J connectivity index is 4.21. The molecule has 0 N–H and O–H groups in total. The molecule has 0 amide bonds. The van der Waals surface area contributed by atoms with E-state index in [1.165, 1.54) is 0 Å². The second kappa shape index (κ2) is 8.64. The van der Waals surface area contributed by atoms with Crippen molar-refractivity contribution in [2.45, 2.75) is 51.2 Å². The molecule has 0 aliphatic rings. The van der Waals surface area contributed by atoms with E-state index in [0.29, 0.717) is 19.9 Å². The molecule has 0 bridgehead atoms. The van der Waals surface area contributed by atoms with Crippen LogP contribution in [0.25, 0.3) is 0 Å². The van der Waals surface area contributed by atoms with Gasteiger partial charge in [-0.25, -0.2) is 0 Å². The Bertz CT molecular complexity index is 241. The summed E-state index contributed by atoms with van der Waals surface area (Å²) in [6, 6.07) is 1.13. The van der Waals surface area contributed by atoms with Gasteiger partial charge in [-0.05, 0) is 26.8 Å². The molecule has 0 saturated carbocycles. The molecular weight excluding hydrogens is 278 g/mol. The van der Waals surface area contributed by atoms with Gasteiger partial charge in [0.05, 0.1) is 13.2 Å². The molecule has 0 aliphatic carbocycles. The Hall–Kier alpha value is 0.407. The minimum Gasteiger partial charge on any atom is -0.597 e. The average Bonchev–Trinajstić information content (AvgIpc) is 2.24. The molecular formula is C13H31NO3SSi. The summed E-state index contributed by atoms with van der Waals surface area (Å²) in [4.78, 5) is 0. The second-order valence-corrected chi connectivity index (χ2v) is 14.8. The average molecular weight is 310 g/mol. The molecule has 116 valence electrons. The van der Waals surface area contributed by atoms with E-state index in [1.807, 2.05) is 25.1 Å². The van der Waals surface area contributed by atoms with Gasteiger partial charge in [-0.2, -0.15) is 0 Å². The van der Waals surface area contributed by atoms with Gasteiger partial charge in [0.15, 0.2) is 0 Å². The number of hydrogen-bond acceptors (Lipinski definition) is 4. The van der Waals surface area contributed by atoms with Crippen LogP contribution in [0.4, 0.5) is 0 Å². The molecule has 0 spiro atoms. The quantitative estimate of drug-likeness (QED) is 0.284. The third kappa shape index (κ3) is 9.87. The molecule has 0 fully saturated rings. The zero-order valence-corrected chi connectivity index (χ0v) is 15.4. The third-order valence-electron chi connectivity index (χ3n) is 2.53. The summed E-state index contributed by atoms with van der Waals surface area (Å²) in [7, 11) is 0.594. The predicted octanol–water partition coefficient (Wildman–Crippen LogP) is 2.71. The fraction of sp³-hybridized carbons (Fsp3) is 1.00. The van der Waals surface area contributed by atoms with Crippen molar-refractivity contribution in [3.8, 4) is 0 Å². The summed E-state index contributed by atoms with van der Waals surface area (Å²) in [5, 5.41) is 0. The van der Waals surface area contributed by atoms with Crippen LogP contribution in [-0.4, -0.2) is 55.3 Å². The number of ether oxygens (including phenoxy) is 2. The van der Waals surface area contributed by atoms with Crippen molar-refractivity contribution in [1.29, 1.82) is 0 Å². The van der Waals surface area contributed by atoms with E-state index in [9.17, 15) is 4.55 Å². The normalized spacial score (nSPS) is 15.0. The zero-order valence-electron chi connectivity index (χ0n) is 13.6. The highest BCUT2D eigenvalue weighted by Crippen LogP contribution is 2.20. The van der Waals surface area contributed by atoms with Crippen molar-refractivity contribution in [1.82, 2.24) is 4.31 Å². The first-order valence-electron chi connectivity index (χ1n) is 6.81. The molecule has 0 aromatic heterocycles. The molecule has 0 aromatic carbocycles. The topological polar surface area (TPSA) is 44.8 Å². The van der Waals surface area contributed by atoms with Crippen molar-refractivity contribution >= 4 is 19.4 Å². The molecule has 4 nitrogen and oxygen atoms in total. The molecule has 0 saturated heterocycles. The highest BCUT2D eigenvalue weighted by molar-refractivity contribution is 7.90. The maximum atomic E-state index is 12.4. The van der Waals surface area contributed by atoms with Gasteiger partial charge in [0, 0.05) is 33.2 Å². The van der Waals surface area contributed by atoms with Crippen molar-refractivity contribution in [2.75, 3.05) is 33.6 Å². The van der Waals surface area contributed by atoms with E-state index >= 15 is 0 Å². The lowest BCUT2D eigenvalue weighted by Crippen LogP contribution is -2.45. The Kier molecular flexibility index (Phi) is 8.83. The van der Waals surface area contributed by atoms with Gasteiger partial charge >= 0.3 is 0 Å². The minimum absolute atomic E-state index is 0.268. The lowest BCUT2D eigenvalue weighted by molar-refractivity contribution is 0.0648. The van der Waals surface area contributed by atoms with Gasteiger partial charge in [0.25, 0.3) is 0 Å². The number of hydrogen-bond donors (Lipinski definition) is 0. The third-order valence-corrected chi connectivity index (χ3v) is 6.04. The fourth-order valence-electron chi connectivity index (χ4n) is 1.32. The molecule has 0 aromatic rings. The monoisotopic (exact) mass is 309 g/mol. The van der Waals surface area contributed by atoms with Gasteiger partial charge in [-0.1, -0.05) is 23.9 Å². The van der Waals surface area contributed by atoms with Crippen LogP contribution >= 0.6 is 0 Å². The van der Waals surface area contributed by atoms with Crippen LogP contribution < -0.4 is 0 Å². The number of methoxy groups -OCH3 is 1. The molecule has 0 radical (unpaired) electrons. The summed E-state index contributed by atoms with van der Waals surface area (Å²) in [6.07, 6.45) is 0. The maximum Gasteiger partial charge on any atom is 0.142 e. The molecule has 6 heteroatoms. The Labute approximate surface area is 123 Å². The summed E-state index contributed by atoms with van der Waals surface area (Å²) < 4.78 is 24.7. The maximum absolute atomic E-state index is 12.4. The summed E-state index contributed by atoms with van der Waals surface area (Å²) in [6.45, 7) is 15.3. The highest BCUT2D eigenvalue weighted by atomic mass is 32.2. The minimum atomic E-state index is -1.06. The SMILES string of the molecule is COCCN(COCC[Si](C)(C)C)[S+]([O-])C(C)(C)C. The van der Waals surface area contributed by atoms with Crippen LogP contribution in [-0.2, 0) is 20.8 Å². The van der Waals surface area contributed by atoms with Crippen molar-refractivity contribution in [2.24, 2.45) is 0 Å². The molecule has 1 atom stereocenters. The van der Waals surface area contributed by atoms with Crippen LogP contribution in [0, 0.1) is 0 Å². The lowest BCUT2D eigenvalue weighted by atomic mass is 10.3. The van der Waals surface area contributed by atoms with Crippen LogP contribution in [0.15, 0.2) is 0 Å². The van der Waals surface area contributed by atoms with Gasteiger partial charge < -0.3 is 14.0 Å². The van der Waals surface area contributed by atoms with Crippen LogP contribution in [0.2, 0.25) is 25.7 Å². The van der Waals surface area contributed by atoms with Crippen molar-refractivity contribution in [3.05, 3.63) is 0 Å². The van der Waals surface area contributed by atoms with Crippen LogP contribution in [0.5, 0.6) is 0 Å². The molecule has 0 heterocycles. The number of nitrogens with zero attached hydrogens (tertiary/aromatic N) is 1. The first-order chi connectivity index (χ1) is 8.58. The van der Waals surface area contributed by atoms with E-state index in [2.05, 4.69) is 19.6 Å². The van der Waals surface area contributed by atoms with Crippen molar-refractivity contribution < 1.29 is 14.0 Å². The van der Waals surface area contributed by atoms with Crippen LogP contribution in [0.1, 0.15) is 20.8 Å². The standard InChI is InChI=1S/C13H31NO3SSi/c1-13(2,3)18(15)14(8-9-16-4)12-17-10-11-19(5,6)7/h8-12H2,1-7H3. The Morgan fingerprint density at radius 2 is 1.74 bits per heavy atom. The fourth-order valence-corrected chi connectivity index (χ4v) is 3.26. The van der Waals surface area contributed by atoms with Gasteiger partial charge in [-0.3, -0.25) is 0 Å². The van der Waals surface area contributed by atoms with Crippen LogP contribution in [0.3, 0.4) is 0 Å². The molecule has 1 unspecified atom stereocenters. The highest BCUT2D eigenvalue weighted by Gasteiger charge is 2.33. The van der Waals surface area contributed by atoms with Gasteiger partial charge in [0.1, 0.15) is 11.5 Å². The van der Waals surface area contributed by atoms with E-state index in [0.717, 1.165) is 12.7 Å². The first-order valence-corrected chi connectivity index (χ1v) is 11.6. The van der Waals surface area contributed by atoms with Gasteiger partial charge in [-0.15, -0.1) is 0 Å². The lowest BCUT2D eigenvalue weighted by Gasteiger charge is -2.32. The summed E-state index contributed by atoms with van der Waals surface area (Å²) >= 11 is -1.06. The first kappa shape index (κ1) is 19.4. The Morgan fingerprint density at radius 3 is 2.16 bits per heavy atom. The van der Waals surface area contributed by atoms with E-state index < -0.39 is 19.4 Å².